The van der Waals surface area contributed by atoms with Crippen LogP contribution in [0.1, 0.15) is 12.8 Å². The standard InChI is InChI=1S/C15H20N2O4/c1-17(2)14(18)10-21-12-7-5-11(6-8-12)16-15(19)13-4-3-9-20-13/h5-8,13H,3-4,9-10H2,1-2H3,(H,16,19)/t13-/m1/s1. The zero-order chi connectivity index (χ0) is 15.2. The van der Waals surface area contributed by atoms with Gasteiger partial charge < -0.3 is 19.7 Å². The van der Waals surface area contributed by atoms with Crippen LogP contribution in [0.25, 0.3) is 0 Å². The van der Waals surface area contributed by atoms with Crippen LogP contribution >= 0.6 is 0 Å². The highest BCUT2D eigenvalue weighted by molar-refractivity contribution is 5.94. The molecule has 6 heteroatoms. The van der Waals surface area contributed by atoms with Gasteiger partial charge in [0.1, 0.15) is 11.9 Å². The average molecular weight is 292 g/mol. The molecule has 1 aliphatic heterocycles. The number of amides is 2. The first kappa shape index (κ1) is 15.3. The molecule has 2 rings (SSSR count). The van der Waals surface area contributed by atoms with E-state index < -0.39 is 0 Å². The number of likely N-dealkylation sites (N-methyl/N-ethyl adjacent to an activating group) is 1. The van der Waals surface area contributed by atoms with Crippen LogP contribution in [0.5, 0.6) is 5.75 Å². The van der Waals surface area contributed by atoms with Gasteiger partial charge in [-0.3, -0.25) is 9.59 Å². The lowest BCUT2D eigenvalue weighted by Crippen LogP contribution is -2.27. The molecule has 21 heavy (non-hydrogen) atoms. The largest absolute Gasteiger partial charge is 0.484 e. The van der Waals surface area contributed by atoms with E-state index in [2.05, 4.69) is 5.32 Å². The van der Waals surface area contributed by atoms with Gasteiger partial charge in [0.2, 0.25) is 0 Å². The summed E-state index contributed by atoms with van der Waals surface area (Å²) in [7, 11) is 3.35. The molecule has 1 N–H and O–H groups in total. The van der Waals surface area contributed by atoms with Gasteiger partial charge in [-0.25, -0.2) is 0 Å². The summed E-state index contributed by atoms with van der Waals surface area (Å²) in [6.45, 7) is 0.638. The molecule has 1 aromatic rings. The van der Waals surface area contributed by atoms with Gasteiger partial charge in [0.15, 0.2) is 6.61 Å². The van der Waals surface area contributed by atoms with Crippen molar-refractivity contribution in [1.82, 2.24) is 4.90 Å². The molecule has 1 fully saturated rings. The minimum Gasteiger partial charge on any atom is -0.484 e. The smallest absolute Gasteiger partial charge is 0.259 e. The van der Waals surface area contributed by atoms with Crippen LogP contribution in [0.4, 0.5) is 5.69 Å². The molecular formula is C15H20N2O4. The number of carbonyl (C=O) groups excluding carboxylic acids is 2. The van der Waals surface area contributed by atoms with Crippen molar-refractivity contribution >= 4 is 17.5 Å². The summed E-state index contributed by atoms with van der Waals surface area (Å²) in [5.41, 5.74) is 0.682. The fourth-order valence-electron chi connectivity index (χ4n) is 1.92. The molecular weight excluding hydrogens is 272 g/mol. The Balaban J connectivity index is 1.84. The van der Waals surface area contributed by atoms with Crippen molar-refractivity contribution in [1.29, 1.82) is 0 Å². The molecule has 0 saturated carbocycles. The Hall–Kier alpha value is -2.08. The minimum absolute atomic E-state index is 0.00534. The van der Waals surface area contributed by atoms with Gasteiger partial charge in [0.25, 0.3) is 11.8 Å². The molecule has 1 atom stereocenters. The Morgan fingerprint density at radius 3 is 2.62 bits per heavy atom. The number of hydrogen-bond acceptors (Lipinski definition) is 4. The van der Waals surface area contributed by atoms with Gasteiger partial charge in [-0.05, 0) is 37.1 Å². The first-order chi connectivity index (χ1) is 10.1. The molecule has 6 nitrogen and oxygen atoms in total. The van der Waals surface area contributed by atoms with E-state index in [1.807, 2.05) is 0 Å². The molecule has 1 saturated heterocycles. The van der Waals surface area contributed by atoms with Crippen LogP contribution in [0.3, 0.4) is 0 Å². The van der Waals surface area contributed by atoms with E-state index in [0.717, 1.165) is 12.8 Å². The second kappa shape index (κ2) is 7.08. The number of nitrogens with one attached hydrogen (secondary N) is 1. The van der Waals surface area contributed by atoms with Crippen LogP contribution in [-0.2, 0) is 14.3 Å². The highest BCUT2D eigenvalue weighted by Gasteiger charge is 2.23. The van der Waals surface area contributed by atoms with Crippen LogP contribution in [0.2, 0.25) is 0 Å². The molecule has 1 aliphatic rings. The summed E-state index contributed by atoms with van der Waals surface area (Å²) in [5, 5.41) is 2.80. The van der Waals surface area contributed by atoms with E-state index in [1.165, 1.54) is 4.90 Å². The number of benzene rings is 1. The number of ether oxygens (including phenoxy) is 2. The lowest BCUT2D eigenvalue weighted by molar-refractivity contribution is -0.130. The third kappa shape index (κ3) is 4.46. The fraction of sp³-hybridized carbons (Fsp3) is 0.467. The van der Waals surface area contributed by atoms with Crippen molar-refractivity contribution in [3.8, 4) is 5.75 Å². The van der Waals surface area contributed by atoms with Crippen molar-refractivity contribution in [2.75, 3.05) is 32.6 Å². The Labute approximate surface area is 124 Å². The fourth-order valence-corrected chi connectivity index (χ4v) is 1.92. The molecule has 0 spiro atoms. The van der Waals surface area contributed by atoms with Crippen LogP contribution < -0.4 is 10.1 Å². The van der Waals surface area contributed by atoms with Crippen molar-refractivity contribution in [2.45, 2.75) is 18.9 Å². The highest BCUT2D eigenvalue weighted by atomic mass is 16.5. The van der Waals surface area contributed by atoms with Gasteiger partial charge in [0.05, 0.1) is 0 Å². The van der Waals surface area contributed by atoms with Gasteiger partial charge in [-0.2, -0.15) is 0 Å². The number of hydrogen-bond donors (Lipinski definition) is 1. The quantitative estimate of drug-likeness (QED) is 0.887. The third-order valence-corrected chi connectivity index (χ3v) is 3.21. The maximum Gasteiger partial charge on any atom is 0.259 e. The maximum absolute atomic E-state index is 11.9. The molecule has 1 aromatic carbocycles. The highest BCUT2D eigenvalue weighted by Crippen LogP contribution is 2.18. The Kier molecular flexibility index (Phi) is 5.16. The average Bonchev–Trinajstić information content (AvgIpc) is 3.00. The molecule has 0 radical (unpaired) electrons. The molecule has 0 unspecified atom stereocenters. The van der Waals surface area contributed by atoms with Crippen molar-refractivity contribution in [3.05, 3.63) is 24.3 Å². The van der Waals surface area contributed by atoms with Gasteiger partial charge in [0, 0.05) is 26.4 Å². The van der Waals surface area contributed by atoms with Crippen molar-refractivity contribution < 1.29 is 19.1 Å². The topological polar surface area (TPSA) is 67.9 Å². The van der Waals surface area contributed by atoms with E-state index in [4.69, 9.17) is 9.47 Å². The number of anilines is 1. The molecule has 0 aromatic heterocycles. The van der Waals surface area contributed by atoms with E-state index in [-0.39, 0.29) is 24.5 Å². The molecule has 0 aliphatic carbocycles. The number of nitrogens with zero attached hydrogens (tertiary/aromatic N) is 1. The van der Waals surface area contributed by atoms with E-state index >= 15 is 0 Å². The first-order valence-electron chi connectivity index (χ1n) is 6.92. The van der Waals surface area contributed by atoms with Gasteiger partial charge in [-0.15, -0.1) is 0 Å². The number of carbonyl (C=O) groups is 2. The maximum atomic E-state index is 11.9. The minimum atomic E-state index is -0.348. The normalized spacial score (nSPS) is 17.3. The molecule has 2 amide bonds. The summed E-state index contributed by atoms with van der Waals surface area (Å²) in [6.07, 6.45) is 1.34. The van der Waals surface area contributed by atoms with Crippen LogP contribution in [0.15, 0.2) is 24.3 Å². The second-order valence-electron chi connectivity index (χ2n) is 5.09. The van der Waals surface area contributed by atoms with E-state index in [0.29, 0.717) is 18.0 Å². The zero-order valence-electron chi connectivity index (χ0n) is 12.3. The number of rotatable bonds is 5. The molecule has 0 bridgehead atoms. The lowest BCUT2D eigenvalue weighted by atomic mass is 10.2. The van der Waals surface area contributed by atoms with Crippen molar-refractivity contribution in [2.24, 2.45) is 0 Å². The summed E-state index contributed by atoms with van der Waals surface area (Å²) < 4.78 is 10.7. The van der Waals surface area contributed by atoms with Gasteiger partial charge in [-0.1, -0.05) is 0 Å². The van der Waals surface area contributed by atoms with Crippen LogP contribution in [-0.4, -0.2) is 50.1 Å². The third-order valence-electron chi connectivity index (χ3n) is 3.21. The van der Waals surface area contributed by atoms with Crippen LogP contribution in [0, 0.1) is 0 Å². The predicted octanol–water partition coefficient (Wildman–Crippen LogP) is 1.27. The predicted molar refractivity (Wildman–Crippen MR) is 78.2 cm³/mol. The van der Waals surface area contributed by atoms with Gasteiger partial charge >= 0.3 is 0 Å². The monoisotopic (exact) mass is 292 g/mol. The summed E-state index contributed by atoms with van der Waals surface area (Å²) in [6, 6.07) is 6.91. The Bertz CT molecular complexity index is 493. The molecule has 1 heterocycles. The van der Waals surface area contributed by atoms with E-state index in [1.54, 1.807) is 38.4 Å². The van der Waals surface area contributed by atoms with E-state index in [9.17, 15) is 9.59 Å². The summed E-state index contributed by atoms with van der Waals surface area (Å²) in [4.78, 5) is 24.7. The summed E-state index contributed by atoms with van der Waals surface area (Å²) >= 11 is 0. The lowest BCUT2D eigenvalue weighted by Gasteiger charge is -2.12. The Morgan fingerprint density at radius 1 is 1.33 bits per heavy atom. The zero-order valence-corrected chi connectivity index (χ0v) is 12.3. The SMILES string of the molecule is CN(C)C(=O)COc1ccc(NC(=O)[C@H]2CCCO2)cc1. The summed E-state index contributed by atoms with van der Waals surface area (Å²) in [5.74, 6) is 0.357. The Morgan fingerprint density at radius 2 is 2.05 bits per heavy atom. The van der Waals surface area contributed by atoms with Crippen molar-refractivity contribution in [3.63, 3.8) is 0 Å². The second-order valence-corrected chi connectivity index (χ2v) is 5.09. The molecule has 114 valence electrons. The first-order valence-corrected chi connectivity index (χ1v) is 6.92.